The highest BCUT2D eigenvalue weighted by Gasteiger charge is 2.31. The number of rotatable bonds is 7. The second-order valence-corrected chi connectivity index (χ2v) is 8.01. The fourth-order valence-corrected chi connectivity index (χ4v) is 3.62. The lowest BCUT2D eigenvalue weighted by molar-refractivity contribution is 0.265. The minimum atomic E-state index is -0.244. The molecule has 0 saturated carbocycles. The first-order valence-electron chi connectivity index (χ1n) is 10.6. The minimum absolute atomic E-state index is 0. The number of aliphatic imine (C=N–C) groups is 1. The number of guanidine groups is 1. The average Bonchev–Trinajstić information content (AvgIpc) is 3.30. The summed E-state index contributed by atoms with van der Waals surface area (Å²) in [4.78, 5) is 7.26. The molecule has 3 rings (SSSR count). The summed E-state index contributed by atoms with van der Waals surface area (Å²) in [5.41, 5.74) is 1.82. The van der Waals surface area contributed by atoms with Gasteiger partial charge in [0.1, 0.15) is 5.82 Å². The highest BCUT2D eigenvalue weighted by molar-refractivity contribution is 14.0. The zero-order chi connectivity index (χ0) is 20.8. The van der Waals surface area contributed by atoms with Crippen LogP contribution in [0.15, 0.2) is 41.5 Å². The third-order valence-electron chi connectivity index (χ3n) is 5.41. The molecular formula is C22H34FIN6. The third kappa shape index (κ3) is 6.66. The minimum Gasteiger partial charge on any atom is -0.357 e. The molecule has 2 unspecified atom stereocenters. The van der Waals surface area contributed by atoms with Crippen molar-refractivity contribution in [2.45, 2.75) is 46.2 Å². The Morgan fingerprint density at radius 2 is 1.97 bits per heavy atom. The van der Waals surface area contributed by atoms with Gasteiger partial charge in [-0.1, -0.05) is 6.92 Å². The molecule has 0 bridgehead atoms. The van der Waals surface area contributed by atoms with Crippen LogP contribution in [-0.2, 0) is 6.42 Å². The Balaban J connectivity index is 0.00000320. The van der Waals surface area contributed by atoms with Crippen LogP contribution in [0, 0.1) is 11.7 Å². The first-order chi connectivity index (χ1) is 14.0. The molecule has 2 N–H and O–H groups in total. The van der Waals surface area contributed by atoms with Crippen molar-refractivity contribution in [1.82, 2.24) is 25.3 Å². The Morgan fingerprint density at radius 3 is 2.60 bits per heavy atom. The van der Waals surface area contributed by atoms with E-state index in [1.165, 1.54) is 12.1 Å². The predicted molar refractivity (Wildman–Crippen MR) is 131 cm³/mol. The molecule has 30 heavy (non-hydrogen) atoms. The van der Waals surface area contributed by atoms with Gasteiger partial charge in [-0.2, -0.15) is 5.10 Å². The lowest BCUT2D eigenvalue weighted by Crippen LogP contribution is -2.47. The fraction of sp³-hybridized carbons (Fsp3) is 0.545. The molecule has 0 radical (unpaired) electrons. The van der Waals surface area contributed by atoms with Crippen LogP contribution in [0.3, 0.4) is 0 Å². The quantitative estimate of drug-likeness (QED) is 0.329. The summed E-state index contributed by atoms with van der Waals surface area (Å²) >= 11 is 0. The van der Waals surface area contributed by atoms with Crippen LogP contribution in [0.5, 0.6) is 0 Å². The Bertz CT molecular complexity index is 804. The topological polar surface area (TPSA) is 57.5 Å². The van der Waals surface area contributed by atoms with Gasteiger partial charge >= 0.3 is 0 Å². The Kier molecular flexibility index (Phi) is 9.54. The van der Waals surface area contributed by atoms with Crippen molar-refractivity contribution in [3.05, 3.63) is 48.0 Å². The van der Waals surface area contributed by atoms with Crippen LogP contribution in [-0.4, -0.2) is 58.9 Å². The van der Waals surface area contributed by atoms with Crippen molar-refractivity contribution in [2.24, 2.45) is 10.9 Å². The van der Waals surface area contributed by atoms with Crippen LogP contribution >= 0.6 is 24.0 Å². The van der Waals surface area contributed by atoms with E-state index in [9.17, 15) is 4.39 Å². The van der Waals surface area contributed by atoms with Crippen LogP contribution in [0.4, 0.5) is 4.39 Å². The maximum absolute atomic E-state index is 13.1. The number of nitrogens with one attached hydrogen (secondary N) is 2. The van der Waals surface area contributed by atoms with Crippen molar-refractivity contribution in [1.29, 1.82) is 0 Å². The molecule has 1 fully saturated rings. The smallest absolute Gasteiger partial charge is 0.191 e. The molecule has 166 valence electrons. The number of hydrogen-bond donors (Lipinski definition) is 2. The molecule has 1 aliphatic rings. The maximum Gasteiger partial charge on any atom is 0.191 e. The third-order valence-corrected chi connectivity index (χ3v) is 5.41. The fourth-order valence-electron chi connectivity index (χ4n) is 3.62. The number of likely N-dealkylation sites (tertiary alicyclic amines) is 1. The molecule has 1 saturated heterocycles. The molecule has 1 aromatic carbocycles. The van der Waals surface area contributed by atoms with E-state index in [0.29, 0.717) is 24.5 Å². The van der Waals surface area contributed by atoms with Gasteiger partial charge in [-0.05, 0) is 57.0 Å². The zero-order valence-electron chi connectivity index (χ0n) is 18.3. The predicted octanol–water partition coefficient (Wildman–Crippen LogP) is 3.46. The Labute approximate surface area is 196 Å². The number of nitrogens with zero attached hydrogens (tertiary/aromatic N) is 4. The molecule has 0 spiro atoms. The molecule has 2 atom stereocenters. The Hall–Kier alpha value is -1.68. The second-order valence-electron chi connectivity index (χ2n) is 8.01. The summed E-state index contributed by atoms with van der Waals surface area (Å²) in [6, 6.07) is 9.30. The summed E-state index contributed by atoms with van der Waals surface area (Å²) in [7, 11) is 0. The van der Waals surface area contributed by atoms with Gasteiger partial charge in [-0.15, -0.1) is 24.0 Å². The van der Waals surface area contributed by atoms with Crippen LogP contribution in [0.1, 0.15) is 33.4 Å². The molecule has 2 heterocycles. The van der Waals surface area contributed by atoms with Gasteiger partial charge in [0.25, 0.3) is 0 Å². The van der Waals surface area contributed by atoms with Gasteiger partial charge in [0.05, 0.1) is 11.4 Å². The van der Waals surface area contributed by atoms with E-state index >= 15 is 0 Å². The summed E-state index contributed by atoms with van der Waals surface area (Å²) in [5, 5.41) is 11.5. The van der Waals surface area contributed by atoms with Crippen molar-refractivity contribution in [2.75, 3.05) is 26.2 Å². The first kappa shape index (κ1) is 24.6. The van der Waals surface area contributed by atoms with Gasteiger partial charge in [0.2, 0.25) is 0 Å². The number of hydrogen-bond acceptors (Lipinski definition) is 3. The van der Waals surface area contributed by atoms with Gasteiger partial charge < -0.3 is 10.6 Å². The standard InChI is InChI=1S/C22H33FN6.HI/c1-5-24-22(26-21-15-28(16(2)3)14-17(21)4)25-12-10-19-11-13-29(27-19)20-8-6-18(23)7-9-20;/h6-9,11,13,16-17,21H,5,10,12,14-15H2,1-4H3,(H2,24,25,26);1H. The summed E-state index contributed by atoms with van der Waals surface area (Å²) in [5.74, 6) is 1.22. The normalized spacial score (nSPS) is 19.7. The van der Waals surface area contributed by atoms with E-state index < -0.39 is 0 Å². The SMILES string of the molecule is CCNC(=NCCc1ccn(-c2ccc(F)cc2)n1)NC1CN(C(C)C)CC1C.I. The van der Waals surface area contributed by atoms with Gasteiger partial charge in [-0.3, -0.25) is 9.89 Å². The van der Waals surface area contributed by atoms with E-state index in [1.807, 2.05) is 12.3 Å². The summed E-state index contributed by atoms with van der Waals surface area (Å²) in [6.45, 7) is 12.5. The summed E-state index contributed by atoms with van der Waals surface area (Å²) < 4.78 is 14.9. The van der Waals surface area contributed by atoms with Crippen LogP contribution in [0.25, 0.3) is 5.69 Å². The molecule has 0 aliphatic carbocycles. The lowest BCUT2D eigenvalue weighted by Gasteiger charge is -2.21. The van der Waals surface area contributed by atoms with E-state index in [1.54, 1.807) is 16.8 Å². The highest BCUT2D eigenvalue weighted by Crippen LogP contribution is 2.18. The van der Waals surface area contributed by atoms with Crippen molar-refractivity contribution < 1.29 is 4.39 Å². The molecule has 1 aliphatic heterocycles. The van der Waals surface area contributed by atoms with Crippen LogP contribution < -0.4 is 10.6 Å². The van der Waals surface area contributed by atoms with E-state index in [0.717, 1.165) is 43.4 Å². The van der Waals surface area contributed by atoms with Gasteiger partial charge in [0.15, 0.2) is 5.96 Å². The van der Waals surface area contributed by atoms with Crippen molar-refractivity contribution in [3.8, 4) is 5.69 Å². The first-order valence-corrected chi connectivity index (χ1v) is 10.6. The monoisotopic (exact) mass is 528 g/mol. The highest BCUT2D eigenvalue weighted by atomic mass is 127. The Morgan fingerprint density at radius 1 is 1.23 bits per heavy atom. The lowest BCUT2D eigenvalue weighted by atomic mass is 10.1. The number of benzene rings is 1. The van der Waals surface area contributed by atoms with E-state index in [2.05, 4.69) is 48.3 Å². The van der Waals surface area contributed by atoms with Crippen LogP contribution in [0.2, 0.25) is 0 Å². The average molecular weight is 528 g/mol. The van der Waals surface area contributed by atoms with Crippen molar-refractivity contribution >= 4 is 29.9 Å². The molecule has 2 aromatic rings. The second kappa shape index (κ2) is 11.6. The van der Waals surface area contributed by atoms with Gasteiger partial charge in [0, 0.05) is 50.9 Å². The molecule has 8 heteroatoms. The molecule has 6 nitrogen and oxygen atoms in total. The number of aromatic nitrogens is 2. The van der Waals surface area contributed by atoms with Gasteiger partial charge in [-0.25, -0.2) is 9.07 Å². The largest absolute Gasteiger partial charge is 0.357 e. The van der Waals surface area contributed by atoms with Crippen molar-refractivity contribution in [3.63, 3.8) is 0 Å². The molecular weight excluding hydrogens is 494 g/mol. The molecule has 0 amide bonds. The zero-order valence-corrected chi connectivity index (χ0v) is 20.6. The summed E-state index contributed by atoms with van der Waals surface area (Å²) in [6.07, 6.45) is 2.65. The molecule has 1 aromatic heterocycles. The maximum atomic E-state index is 13.1. The van der Waals surface area contributed by atoms with E-state index in [-0.39, 0.29) is 29.8 Å². The van der Waals surface area contributed by atoms with E-state index in [4.69, 9.17) is 4.99 Å². The number of halogens is 2.